The summed E-state index contributed by atoms with van der Waals surface area (Å²) in [6.45, 7) is 1.71. The van der Waals surface area contributed by atoms with E-state index in [2.05, 4.69) is 10.2 Å². The molecule has 6 heteroatoms. The van der Waals surface area contributed by atoms with E-state index in [-0.39, 0.29) is 11.7 Å². The van der Waals surface area contributed by atoms with Crippen LogP contribution in [-0.2, 0) is 5.75 Å². The minimum Gasteiger partial charge on any atom is -0.339 e. The van der Waals surface area contributed by atoms with Crippen LogP contribution in [0.15, 0.2) is 65.7 Å². The van der Waals surface area contributed by atoms with Gasteiger partial charge in [0.25, 0.3) is 5.91 Å². The molecule has 2 heterocycles. The Hall–Kier alpha value is -2.73. The maximum absolute atomic E-state index is 13.0. The van der Waals surface area contributed by atoms with Crippen molar-refractivity contribution in [3.63, 3.8) is 0 Å². The van der Waals surface area contributed by atoms with E-state index < -0.39 is 0 Å². The summed E-state index contributed by atoms with van der Waals surface area (Å²) >= 11 is 1.58. The SMILES string of the molecule is O=C(c1cccc(CSc2ccc(-c3ccc(F)cc3)nn2)c1)N1CCCCC1. The maximum atomic E-state index is 13.0. The van der Waals surface area contributed by atoms with Crippen LogP contribution in [0, 0.1) is 5.82 Å². The number of carbonyl (C=O) groups is 1. The number of aromatic nitrogens is 2. The molecule has 0 radical (unpaired) electrons. The van der Waals surface area contributed by atoms with Crippen molar-refractivity contribution in [1.29, 1.82) is 0 Å². The van der Waals surface area contributed by atoms with E-state index in [1.54, 1.807) is 23.9 Å². The Morgan fingerprint density at radius 1 is 0.966 bits per heavy atom. The monoisotopic (exact) mass is 407 g/mol. The molecule has 4 nitrogen and oxygen atoms in total. The fraction of sp³-hybridized carbons (Fsp3) is 0.261. The highest BCUT2D eigenvalue weighted by molar-refractivity contribution is 7.98. The average molecular weight is 408 g/mol. The van der Waals surface area contributed by atoms with Gasteiger partial charge < -0.3 is 4.90 Å². The summed E-state index contributed by atoms with van der Waals surface area (Å²) in [6, 6.07) is 17.9. The maximum Gasteiger partial charge on any atom is 0.253 e. The van der Waals surface area contributed by atoms with Crippen molar-refractivity contribution in [2.45, 2.75) is 30.0 Å². The summed E-state index contributed by atoms with van der Waals surface area (Å²) in [6.07, 6.45) is 3.39. The second-order valence-corrected chi connectivity index (χ2v) is 8.10. The van der Waals surface area contributed by atoms with Crippen LogP contribution < -0.4 is 0 Å². The van der Waals surface area contributed by atoms with E-state index in [0.717, 1.165) is 47.6 Å². The number of likely N-dealkylation sites (tertiary alicyclic amines) is 1. The van der Waals surface area contributed by atoms with Gasteiger partial charge in [0.1, 0.15) is 10.8 Å². The van der Waals surface area contributed by atoms with Gasteiger partial charge in [0.15, 0.2) is 0 Å². The molecule has 1 aliphatic rings. The zero-order chi connectivity index (χ0) is 20.1. The van der Waals surface area contributed by atoms with Crippen LogP contribution >= 0.6 is 11.8 Å². The Labute approximate surface area is 174 Å². The van der Waals surface area contributed by atoms with E-state index in [1.807, 2.05) is 41.3 Å². The number of thioether (sulfide) groups is 1. The number of amides is 1. The topological polar surface area (TPSA) is 46.1 Å². The Kier molecular flexibility index (Phi) is 6.20. The fourth-order valence-electron chi connectivity index (χ4n) is 3.40. The van der Waals surface area contributed by atoms with Crippen LogP contribution in [0.3, 0.4) is 0 Å². The highest BCUT2D eigenvalue weighted by Gasteiger charge is 2.18. The Morgan fingerprint density at radius 2 is 1.76 bits per heavy atom. The summed E-state index contributed by atoms with van der Waals surface area (Å²) in [4.78, 5) is 14.6. The molecule has 0 unspecified atom stereocenters. The van der Waals surface area contributed by atoms with Gasteiger partial charge in [-0.05, 0) is 73.4 Å². The largest absolute Gasteiger partial charge is 0.339 e. The number of nitrogens with zero attached hydrogens (tertiary/aromatic N) is 3. The molecule has 0 aliphatic carbocycles. The molecule has 0 atom stereocenters. The normalized spacial score (nSPS) is 14.0. The van der Waals surface area contributed by atoms with Crippen molar-refractivity contribution in [2.75, 3.05) is 13.1 Å². The number of halogens is 1. The number of rotatable bonds is 5. The van der Waals surface area contributed by atoms with Gasteiger partial charge in [-0.2, -0.15) is 0 Å². The predicted octanol–water partition coefficient (Wildman–Crippen LogP) is 5.20. The molecule has 2 aromatic carbocycles. The molecule has 3 aromatic rings. The Bertz CT molecular complexity index is 970. The molecule has 0 N–H and O–H groups in total. The lowest BCUT2D eigenvalue weighted by atomic mass is 10.1. The first kappa shape index (κ1) is 19.6. The standard InChI is InChI=1S/C23H22FN3OS/c24-20-9-7-18(8-10-20)21-11-12-22(26-25-21)29-16-17-5-4-6-19(15-17)23(28)27-13-2-1-3-14-27/h4-12,15H,1-3,13-14,16H2. The molecule has 148 valence electrons. The molecule has 4 rings (SSSR count). The van der Waals surface area contributed by atoms with Crippen molar-refractivity contribution in [3.05, 3.63) is 77.6 Å². The number of benzene rings is 2. The van der Waals surface area contributed by atoms with Gasteiger partial charge in [-0.1, -0.05) is 23.9 Å². The van der Waals surface area contributed by atoms with Gasteiger partial charge in [0, 0.05) is 30.0 Å². The molecule has 29 heavy (non-hydrogen) atoms. The van der Waals surface area contributed by atoms with Crippen LogP contribution in [0.2, 0.25) is 0 Å². The highest BCUT2D eigenvalue weighted by atomic mass is 32.2. The highest BCUT2D eigenvalue weighted by Crippen LogP contribution is 2.24. The Morgan fingerprint density at radius 3 is 2.48 bits per heavy atom. The summed E-state index contributed by atoms with van der Waals surface area (Å²) < 4.78 is 13.0. The predicted molar refractivity (Wildman–Crippen MR) is 113 cm³/mol. The van der Waals surface area contributed by atoms with Crippen LogP contribution in [-0.4, -0.2) is 34.1 Å². The van der Waals surface area contributed by atoms with E-state index in [9.17, 15) is 9.18 Å². The molecule has 1 saturated heterocycles. The molecule has 0 saturated carbocycles. The molecule has 0 bridgehead atoms. The average Bonchev–Trinajstić information content (AvgIpc) is 2.79. The molecule has 1 fully saturated rings. The molecule has 1 aliphatic heterocycles. The third-order valence-corrected chi connectivity index (χ3v) is 5.98. The minimum atomic E-state index is -0.269. The first-order valence-corrected chi connectivity index (χ1v) is 10.8. The van der Waals surface area contributed by atoms with Crippen molar-refractivity contribution in [2.24, 2.45) is 0 Å². The van der Waals surface area contributed by atoms with E-state index >= 15 is 0 Å². The van der Waals surface area contributed by atoms with E-state index in [1.165, 1.54) is 18.6 Å². The summed E-state index contributed by atoms with van der Waals surface area (Å²) in [5.74, 6) is 0.570. The number of carbonyl (C=O) groups excluding carboxylic acids is 1. The smallest absolute Gasteiger partial charge is 0.253 e. The third kappa shape index (κ3) is 5.01. The summed E-state index contributed by atoms with van der Waals surface area (Å²) in [5.41, 5.74) is 3.38. The van der Waals surface area contributed by atoms with Gasteiger partial charge in [0.05, 0.1) is 5.69 Å². The second kappa shape index (κ2) is 9.18. The van der Waals surface area contributed by atoms with Gasteiger partial charge in [-0.15, -0.1) is 10.2 Å². The quantitative estimate of drug-likeness (QED) is 0.545. The lowest BCUT2D eigenvalue weighted by Gasteiger charge is -2.26. The summed E-state index contributed by atoms with van der Waals surface area (Å²) in [7, 11) is 0. The van der Waals surface area contributed by atoms with Crippen LogP contribution in [0.4, 0.5) is 4.39 Å². The van der Waals surface area contributed by atoms with Crippen LogP contribution in [0.25, 0.3) is 11.3 Å². The lowest BCUT2D eigenvalue weighted by molar-refractivity contribution is 0.0724. The van der Waals surface area contributed by atoms with Crippen LogP contribution in [0.5, 0.6) is 0 Å². The molecule has 1 aromatic heterocycles. The van der Waals surface area contributed by atoms with E-state index in [4.69, 9.17) is 0 Å². The molecular formula is C23H22FN3OS. The first-order chi connectivity index (χ1) is 14.2. The van der Waals surface area contributed by atoms with Crippen molar-refractivity contribution in [3.8, 4) is 11.3 Å². The van der Waals surface area contributed by atoms with Crippen molar-refractivity contribution < 1.29 is 9.18 Å². The van der Waals surface area contributed by atoms with Crippen LogP contribution in [0.1, 0.15) is 35.2 Å². The second-order valence-electron chi connectivity index (χ2n) is 7.11. The van der Waals surface area contributed by atoms with Gasteiger partial charge in [-0.3, -0.25) is 4.79 Å². The molecular weight excluding hydrogens is 385 g/mol. The van der Waals surface area contributed by atoms with Crippen molar-refractivity contribution in [1.82, 2.24) is 15.1 Å². The summed E-state index contributed by atoms with van der Waals surface area (Å²) in [5, 5.41) is 9.32. The lowest BCUT2D eigenvalue weighted by Crippen LogP contribution is -2.35. The fourth-order valence-corrected chi connectivity index (χ4v) is 4.16. The van der Waals surface area contributed by atoms with Gasteiger partial charge >= 0.3 is 0 Å². The molecule has 1 amide bonds. The third-order valence-electron chi connectivity index (χ3n) is 4.98. The number of hydrogen-bond donors (Lipinski definition) is 0. The van der Waals surface area contributed by atoms with E-state index in [0.29, 0.717) is 11.4 Å². The van der Waals surface area contributed by atoms with Gasteiger partial charge in [-0.25, -0.2) is 4.39 Å². The zero-order valence-electron chi connectivity index (χ0n) is 16.1. The Balaban J connectivity index is 1.38. The number of hydrogen-bond acceptors (Lipinski definition) is 4. The minimum absolute atomic E-state index is 0.125. The van der Waals surface area contributed by atoms with Gasteiger partial charge in [0.2, 0.25) is 0 Å². The molecule has 0 spiro atoms. The zero-order valence-corrected chi connectivity index (χ0v) is 16.9. The first-order valence-electron chi connectivity index (χ1n) is 9.80. The van der Waals surface area contributed by atoms with Crippen molar-refractivity contribution >= 4 is 17.7 Å². The number of piperidine rings is 1.